The fraction of sp³-hybridized carbons (Fsp3) is 0.692. The Morgan fingerprint density at radius 2 is 2.11 bits per heavy atom. The fourth-order valence-corrected chi connectivity index (χ4v) is 2.20. The number of aliphatic carboxylic acids is 1. The minimum Gasteiger partial charge on any atom is -0.480 e. The zero-order valence-electron chi connectivity index (χ0n) is 10.6. The topological polar surface area (TPSA) is 92.4 Å². The molecule has 1 aliphatic carbocycles. The van der Waals surface area contributed by atoms with Crippen molar-refractivity contribution in [2.45, 2.75) is 50.6 Å². The summed E-state index contributed by atoms with van der Waals surface area (Å²) in [7, 11) is 0. The molecule has 0 saturated heterocycles. The molecule has 5 nitrogen and oxygen atoms in total. The van der Waals surface area contributed by atoms with Gasteiger partial charge in [-0.2, -0.15) is 0 Å². The van der Waals surface area contributed by atoms with Crippen LogP contribution in [0.3, 0.4) is 0 Å². The first-order valence-electron chi connectivity index (χ1n) is 6.16. The van der Waals surface area contributed by atoms with Gasteiger partial charge in [-0.3, -0.25) is 4.79 Å². The molecule has 100 valence electrons. The first-order chi connectivity index (χ1) is 8.41. The molecule has 1 rings (SSSR count). The summed E-state index contributed by atoms with van der Waals surface area (Å²) >= 11 is 0. The molecule has 0 aromatic carbocycles. The molecule has 0 aromatic heterocycles. The molecule has 0 spiro atoms. The molecule has 1 unspecified atom stereocenters. The van der Waals surface area contributed by atoms with E-state index in [-0.39, 0.29) is 6.42 Å². The molecule has 0 heterocycles. The number of carbonyl (C=O) groups is 2. The van der Waals surface area contributed by atoms with Crippen LogP contribution in [0.1, 0.15) is 39.0 Å². The molecule has 0 aromatic rings. The van der Waals surface area contributed by atoms with Gasteiger partial charge < -0.3 is 16.2 Å². The number of nitrogens with two attached hydrogens (primary N) is 1. The van der Waals surface area contributed by atoms with Crippen LogP contribution in [0.2, 0.25) is 0 Å². The third-order valence-electron chi connectivity index (χ3n) is 3.57. The van der Waals surface area contributed by atoms with Crippen molar-refractivity contribution in [1.82, 2.24) is 5.32 Å². The van der Waals surface area contributed by atoms with Gasteiger partial charge in [0.2, 0.25) is 5.91 Å². The smallest absolute Gasteiger partial charge is 0.329 e. The Labute approximate surface area is 107 Å². The Balaban J connectivity index is 2.73. The van der Waals surface area contributed by atoms with E-state index >= 15 is 0 Å². The SMILES string of the molecule is C#CCC(N)C(=O)NC1(C(=O)O)CCC(C)CC1. The standard InChI is InChI=1S/C13H20N2O3/c1-3-4-10(14)11(16)15-13(12(17)18)7-5-9(2)6-8-13/h1,9-10H,4-8,14H2,2H3,(H,15,16)(H,17,18). The molecule has 0 radical (unpaired) electrons. The second kappa shape index (κ2) is 5.87. The number of amides is 1. The van der Waals surface area contributed by atoms with Gasteiger partial charge in [-0.25, -0.2) is 4.79 Å². The lowest BCUT2D eigenvalue weighted by molar-refractivity contribution is -0.149. The summed E-state index contributed by atoms with van der Waals surface area (Å²) in [6, 6.07) is -0.842. The molecule has 5 heteroatoms. The van der Waals surface area contributed by atoms with E-state index in [0.29, 0.717) is 18.8 Å². The minimum atomic E-state index is -1.17. The van der Waals surface area contributed by atoms with Gasteiger partial charge in [0.25, 0.3) is 0 Å². The molecular weight excluding hydrogens is 232 g/mol. The number of carboxylic acids is 1. The number of carbonyl (C=O) groups excluding carboxylic acids is 1. The molecule has 18 heavy (non-hydrogen) atoms. The van der Waals surface area contributed by atoms with E-state index in [9.17, 15) is 14.7 Å². The van der Waals surface area contributed by atoms with E-state index in [1.807, 2.05) is 0 Å². The van der Waals surface area contributed by atoms with Gasteiger partial charge >= 0.3 is 5.97 Å². The number of carboxylic acid groups (broad SMARTS) is 1. The third-order valence-corrected chi connectivity index (χ3v) is 3.57. The average molecular weight is 252 g/mol. The summed E-state index contributed by atoms with van der Waals surface area (Å²) in [5.41, 5.74) is 4.41. The van der Waals surface area contributed by atoms with Gasteiger partial charge in [0.15, 0.2) is 0 Å². The Morgan fingerprint density at radius 1 is 1.56 bits per heavy atom. The van der Waals surface area contributed by atoms with E-state index in [2.05, 4.69) is 18.2 Å². The number of hydrogen-bond donors (Lipinski definition) is 3. The molecule has 0 bridgehead atoms. The first kappa shape index (κ1) is 14.5. The highest BCUT2D eigenvalue weighted by Crippen LogP contribution is 2.32. The lowest BCUT2D eigenvalue weighted by Crippen LogP contribution is -2.59. The summed E-state index contributed by atoms with van der Waals surface area (Å²) in [6.07, 6.45) is 7.66. The maximum absolute atomic E-state index is 11.8. The predicted molar refractivity (Wildman–Crippen MR) is 67.6 cm³/mol. The molecule has 4 N–H and O–H groups in total. The van der Waals surface area contributed by atoms with E-state index in [1.54, 1.807) is 0 Å². The van der Waals surface area contributed by atoms with E-state index in [1.165, 1.54) is 0 Å². The molecule has 1 atom stereocenters. The number of hydrogen-bond acceptors (Lipinski definition) is 3. The lowest BCUT2D eigenvalue weighted by atomic mass is 9.77. The van der Waals surface area contributed by atoms with E-state index in [0.717, 1.165) is 12.8 Å². The van der Waals surface area contributed by atoms with Crippen molar-refractivity contribution in [3.8, 4) is 12.3 Å². The predicted octanol–water partition coefficient (Wildman–Crippen LogP) is 0.487. The number of terminal acetylenes is 1. The fourth-order valence-electron chi connectivity index (χ4n) is 2.20. The van der Waals surface area contributed by atoms with Gasteiger partial charge in [-0.1, -0.05) is 6.92 Å². The monoisotopic (exact) mass is 252 g/mol. The van der Waals surface area contributed by atoms with Crippen LogP contribution in [0.25, 0.3) is 0 Å². The second-order valence-corrected chi connectivity index (χ2v) is 5.07. The maximum atomic E-state index is 11.8. The number of nitrogens with one attached hydrogen (secondary N) is 1. The average Bonchev–Trinajstić information content (AvgIpc) is 2.32. The van der Waals surface area contributed by atoms with Crippen LogP contribution in [0, 0.1) is 18.3 Å². The third kappa shape index (κ3) is 3.23. The highest BCUT2D eigenvalue weighted by molar-refractivity contribution is 5.89. The van der Waals surface area contributed by atoms with Crippen molar-refractivity contribution in [2.75, 3.05) is 0 Å². The summed E-state index contributed by atoms with van der Waals surface area (Å²) in [5.74, 6) is 1.32. The highest BCUT2D eigenvalue weighted by atomic mass is 16.4. The normalized spacial score (nSPS) is 29.1. The molecule has 1 saturated carbocycles. The zero-order valence-corrected chi connectivity index (χ0v) is 10.6. The quantitative estimate of drug-likeness (QED) is 0.635. The minimum absolute atomic E-state index is 0.109. The van der Waals surface area contributed by atoms with Crippen LogP contribution < -0.4 is 11.1 Å². The zero-order chi connectivity index (χ0) is 13.8. The molecule has 1 aliphatic rings. The van der Waals surface area contributed by atoms with Crippen LogP contribution in [0.5, 0.6) is 0 Å². The van der Waals surface area contributed by atoms with Crippen molar-refractivity contribution in [1.29, 1.82) is 0 Å². The van der Waals surface area contributed by atoms with Crippen molar-refractivity contribution in [2.24, 2.45) is 11.7 Å². The van der Waals surface area contributed by atoms with Crippen molar-refractivity contribution in [3.05, 3.63) is 0 Å². The highest BCUT2D eigenvalue weighted by Gasteiger charge is 2.43. The van der Waals surface area contributed by atoms with Crippen LogP contribution >= 0.6 is 0 Å². The Morgan fingerprint density at radius 3 is 2.56 bits per heavy atom. The van der Waals surface area contributed by atoms with Crippen molar-refractivity contribution in [3.63, 3.8) is 0 Å². The largest absolute Gasteiger partial charge is 0.480 e. The second-order valence-electron chi connectivity index (χ2n) is 5.07. The lowest BCUT2D eigenvalue weighted by Gasteiger charge is -2.37. The maximum Gasteiger partial charge on any atom is 0.329 e. The van der Waals surface area contributed by atoms with E-state index < -0.39 is 23.5 Å². The molecule has 0 aliphatic heterocycles. The Kier molecular flexibility index (Phi) is 4.74. The summed E-state index contributed by atoms with van der Waals surface area (Å²) in [6.45, 7) is 2.08. The molecule has 1 amide bonds. The van der Waals surface area contributed by atoms with Crippen LogP contribution in [-0.2, 0) is 9.59 Å². The van der Waals surface area contributed by atoms with Gasteiger partial charge in [0, 0.05) is 6.42 Å². The van der Waals surface area contributed by atoms with Crippen LogP contribution in [-0.4, -0.2) is 28.6 Å². The summed E-state index contributed by atoms with van der Waals surface area (Å²) < 4.78 is 0. The van der Waals surface area contributed by atoms with Gasteiger partial charge in [-0.15, -0.1) is 12.3 Å². The molecule has 1 fully saturated rings. The van der Waals surface area contributed by atoms with Crippen LogP contribution in [0.15, 0.2) is 0 Å². The van der Waals surface area contributed by atoms with E-state index in [4.69, 9.17) is 12.2 Å². The van der Waals surface area contributed by atoms with Gasteiger partial charge in [0.1, 0.15) is 5.54 Å². The van der Waals surface area contributed by atoms with Gasteiger partial charge in [-0.05, 0) is 31.6 Å². The summed E-state index contributed by atoms with van der Waals surface area (Å²) in [5, 5.41) is 11.9. The van der Waals surface area contributed by atoms with Gasteiger partial charge in [0.05, 0.1) is 6.04 Å². The Bertz CT molecular complexity index is 365. The first-order valence-corrected chi connectivity index (χ1v) is 6.16. The van der Waals surface area contributed by atoms with Crippen LogP contribution in [0.4, 0.5) is 0 Å². The van der Waals surface area contributed by atoms with Crippen molar-refractivity contribution < 1.29 is 14.7 Å². The number of rotatable bonds is 4. The Hall–Kier alpha value is -1.54. The van der Waals surface area contributed by atoms with Crippen molar-refractivity contribution >= 4 is 11.9 Å². The summed E-state index contributed by atoms with van der Waals surface area (Å²) in [4.78, 5) is 23.2. The molecular formula is C13H20N2O3.